The van der Waals surface area contributed by atoms with Crippen molar-refractivity contribution in [3.05, 3.63) is 0 Å². The zero-order valence-corrected chi connectivity index (χ0v) is 7.39. The van der Waals surface area contributed by atoms with Gasteiger partial charge in [0.2, 0.25) is 0 Å². The molecule has 0 bridgehead atoms. The first-order chi connectivity index (χ1) is 6.32. The highest BCUT2D eigenvalue weighted by molar-refractivity contribution is 5.74. The van der Waals surface area contributed by atoms with E-state index in [1.54, 1.807) is 0 Å². The fraction of sp³-hybridized carbons (Fsp3) is 0.857. The number of carboxylic acid groups (broad SMARTS) is 1. The molecule has 2 N–H and O–H groups in total. The number of nitrogens with one attached hydrogen (secondary N) is 1. The topological polar surface area (TPSA) is 58.6 Å². The minimum atomic E-state index is -4.56. The van der Waals surface area contributed by atoms with E-state index in [2.05, 4.69) is 10.1 Å². The quantitative estimate of drug-likeness (QED) is 0.696. The van der Waals surface area contributed by atoms with Crippen LogP contribution in [0.3, 0.4) is 0 Å². The number of methoxy groups -OCH3 is 1. The van der Waals surface area contributed by atoms with Gasteiger partial charge in [-0.3, -0.25) is 4.79 Å². The van der Waals surface area contributed by atoms with E-state index in [1.807, 2.05) is 0 Å². The summed E-state index contributed by atoms with van der Waals surface area (Å²) in [6.07, 6.45) is -5.15. The van der Waals surface area contributed by atoms with Crippen molar-refractivity contribution in [2.45, 2.75) is 24.2 Å². The summed E-state index contributed by atoms with van der Waals surface area (Å²) in [5.41, 5.74) is -2.37. The third-order valence-corrected chi connectivity index (χ3v) is 2.37. The van der Waals surface area contributed by atoms with Gasteiger partial charge in [0.05, 0.1) is 0 Å². The second kappa shape index (κ2) is 3.39. The van der Waals surface area contributed by atoms with Crippen LogP contribution < -0.4 is 5.32 Å². The Morgan fingerprint density at radius 3 is 2.43 bits per heavy atom. The number of aliphatic carboxylic acids is 1. The number of carboxylic acids is 1. The molecule has 1 heterocycles. The zero-order valence-electron chi connectivity index (χ0n) is 7.39. The summed E-state index contributed by atoms with van der Waals surface area (Å²) >= 11 is 0. The lowest BCUT2D eigenvalue weighted by Crippen LogP contribution is -2.48. The van der Waals surface area contributed by atoms with Crippen LogP contribution >= 0.6 is 0 Å². The van der Waals surface area contributed by atoms with Crippen molar-refractivity contribution in [2.75, 3.05) is 13.7 Å². The summed E-state index contributed by atoms with van der Waals surface area (Å²) < 4.78 is 41.9. The van der Waals surface area contributed by atoms with Crippen molar-refractivity contribution >= 4 is 5.97 Å². The molecule has 0 aromatic heterocycles. The van der Waals surface area contributed by atoms with Gasteiger partial charge in [0, 0.05) is 20.1 Å². The highest BCUT2D eigenvalue weighted by Crippen LogP contribution is 2.39. The van der Waals surface area contributed by atoms with Crippen molar-refractivity contribution in [2.24, 2.45) is 0 Å². The second-order valence-electron chi connectivity index (χ2n) is 3.17. The maximum atomic E-state index is 12.5. The average molecular weight is 213 g/mol. The Labute approximate surface area is 78.0 Å². The van der Waals surface area contributed by atoms with Crippen LogP contribution in [0.15, 0.2) is 0 Å². The number of hydrogen-bond donors (Lipinski definition) is 2. The van der Waals surface area contributed by atoms with E-state index in [9.17, 15) is 18.0 Å². The highest BCUT2D eigenvalue weighted by atomic mass is 19.4. The predicted octanol–water partition coefficient (Wildman–Crippen LogP) is 0.380. The number of carbonyl (C=O) groups is 1. The molecule has 0 radical (unpaired) electrons. The first kappa shape index (κ1) is 11.3. The number of alkyl halides is 3. The van der Waals surface area contributed by atoms with Crippen LogP contribution in [0, 0.1) is 0 Å². The van der Waals surface area contributed by atoms with Crippen LogP contribution in [-0.2, 0) is 9.53 Å². The lowest BCUT2D eigenvalue weighted by Gasteiger charge is -2.29. The summed E-state index contributed by atoms with van der Waals surface area (Å²) in [7, 11) is 0.930. The third kappa shape index (κ3) is 1.69. The zero-order chi connectivity index (χ0) is 11.0. The van der Waals surface area contributed by atoms with E-state index in [0.717, 1.165) is 7.11 Å². The van der Waals surface area contributed by atoms with Gasteiger partial charge in [0.25, 0.3) is 0 Å². The van der Waals surface area contributed by atoms with Gasteiger partial charge in [-0.05, 0) is 0 Å². The summed E-state index contributed by atoms with van der Waals surface area (Å²) in [5.74, 6) is -1.30. The molecule has 0 spiro atoms. The van der Waals surface area contributed by atoms with Crippen molar-refractivity contribution < 1.29 is 27.8 Å². The average Bonchev–Trinajstić information content (AvgIpc) is 2.47. The second-order valence-corrected chi connectivity index (χ2v) is 3.17. The van der Waals surface area contributed by atoms with Gasteiger partial charge in [-0.2, -0.15) is 13.2 Å². The van der Waals surface area contributed by atoms with E-state index in [0.29, 0.717) is 0 Å². The molecule has 0 aromatic rings. The molecule has 1 aliphatic heterocycles. The van der Waals surface area contributed by atoms with E-state index in [4.69, 9.17) is 5.11 Å². The molecule has 1 rings (SSSR count). The Kier molecular flexibility index (Phi) is 2.73. The molecular weight excluding hydrogens is 203 g/mol. The first-order valence-electron chi connectivity index (χ1n) is 3.90. The molecule has 0 unspecified atom stereocenters. The summed E-state index contributed by atoms with van der Waals surface area (Å²) in [5, 5.41) is 10.8. The van der Waals surface area contributed by atoms with Crippen molar-refractivity contribution in [1.29, 1.82) is 0 Å². The maximum Gasteiger partial charge on any atom is 0.418 e. The summed E-state index contributed by atoms with van der Waals surface area (Å²) in [6.45, 7) is -0.524. The molecule has 0 aromatic carbocycles. The lowest BCUT2D eigenvalue weighted by atomic mass is 9.99. The minimum absolute atomic E-state index is 0.524. The van der Waals surface area contributed by atoms with Crippen LogP contribution in [0.5, 0.6) is 0 Å². The van der Waals surface area contributed by atoms with Crippen molar-refractivity contribution in [3.63, 3.8) is 0 Å². The maximum absolute atomic E-state index is 12.5. The SMILES string of the molecule is CO[C@]1(C(F)(F)F)CN[C@H](C(=O)O)C1. The molecule has 7 heteroatoms. The Morgan fingerprint density at radius 1 is 1.64 bits per heavy atom. The van der Waals surface area contributed by atoms with E-state index in [-0.39, 0.29) is 0 Å². The fourth-order valence-corrected chi connectivity index (χ4v) is 1.42. The molecule has 1 fully saturated rings. The normalized spacial score (nSPS) is 33.3. The van der Waals surface area contributed by atoms with E-state index < -0.39 is 36.8 Å². The van der Waals surface area contributed by atoms with Gasteiger partial charge in [-0.25, -0.2) is 0 Å². The van der Waals surface area contributed by atoms with Crippen molar-refractivity contribution in [3.8, 4) is 0 Å². The highest BCUT2D eigenvalue weighted by Gasteiger charge is 2.60. The van der Waals surface area contributed by atoms with Crippen LogP contribution in [0.25, 0.3) is 0 Å². The van der Waals surface area contributed by atoms with Gasteiger partial charge in [-0.15, -0.1) is 0 Å². The van der Waals surface area contributed by atoms with Crippen LogP contribution in [0.4, 0.5) is 13.2 Å². The Bertz CT molecular complexity index is 243. The molecule has 1 saturated heterocycles. The molecule has 4 nitrogen and oxygen atoms in total. The Balaban J connectivity index is 2.82. The van der Waals surface area contributed by atoms with Crippen LogP contribution in [0.1, 0.15) is 6.42 Å². The summed E-state index contributed by atoms with van der Waals surface area (Å²) in [4.78, 5) is 10.4. The number of ether oxygens (including phenoxy) is 1. The lowest BCUT2D eigenvalue weighted by molar-refractivity contribution is -0.262. The van der Waals surface area contributed by atoms with Gasteiger partial charge in [0.15, 0.2) is 5.60 Å². The molecule has 14 heavy (non-hydrogen) atoms. The number of hydrogen-bond acceptors (Lipinski definition) is 3. The fourth-order valence-electron chi connectivity index (χ4n) is 1.42. The third-order valence-electron chi connectivity index (χ3n) is 2.37. The van der Waals surface area contributed by atoms with E-state index in [1.165, 1.54) is 0 Å². The summed E-state index contributed by atoms with van der Waals surface area (Å²) in [6, 6.07) is -1.20. The number of rotatable bonds is 2. The smallest absolute Gasteiger partial charge is 0.418 e. The van der Waals surface area contributed by atoms with Crippen LogP contribution in [-0.4, -0.2) is 42.5 Å². The predicted molar refractivity (Wildman–Crippen MR) is 39.8 cm³/mol. The van der Waals surface area contributed by atoms with Gasteiger partial charge in [-0.1, -0.05) is 0 Å². The molecular formula is C7H10F3NO3. The van der Waals surface area contributed by atoms with Gasteiger partial charge < -0.3 is 15.2 Å². The molecule has 0 aliphatic carbocycles. The minimum Gasteiger partial charge on any atom is -0.480 e. The van der Waals surface area contributed by atoms with Gasteiger partial charge >= 0.3 is 12.1 Å². The molecule has 0 amide bonds. The molecule has 82 valence electrons. The largest absolute Gasteiger partial charge is 0.480 e. The first-order valence-corrected chi connectivity index (χ1v) is 3.90. The van der Waals surface area contributed by atoms with Crippen LogP contribution in [0.2, 0.25) is 0 Å². The number of halogens is 3. The Hall–Kier alpha value is -0.820. The standard InChI is InChI=1S/C7H10F3NO3/c1-14-6(7(8,9)10)2-4(5(12)13)11-3-6/h4,11H,2-3H2,1H3,(H,12,13)/t4-,6-/m0/s1. The molecule has 2 atom stereocenters. The van der Waals surface area contributed by atoms with Crippen molar-refractivity contribution in [1.82, 2.24) is 5.32 Å². The van der Waals surface area contributed by atoms with Gasteiger partial charge in [0.1, 0.15) is 6.04 Å². The van der Waals surface area contributed by atoms with E-state index >= 15 is 0 Å². The molecule has 1 aliphatic rings. The Morgan fingerprint density at radius 2 is 2.21 bits per heavy atom. The molecule has 0 saturated carbocycles. The monoisotopic (exact) mass is 213 g/mol.